The molecular weight excluding hydrogens is 285 g/mol. The van der Waals surface area contributed by atoms with Gasteiger partial charge in [0.15, 0.2) is 0 Å². The molecule has 0 aliphatic carbocycles. The molecule has 96 valence electrons. The van der Waals surface area contributed by atoms with Crippen molar-refractivity contribution in [3.05, 3.63) is 34.1 Å². The Morgan fingerprint density at radius 2 is 2.06 bits per heavy atom. The summed E-state index contributed by atoms with van der Waals surface area (Å²) in [4.78, 5) is 0. The lowest BCUT2D eigenvalue weighted by Crippen LogP contribution is -2.41. The fourth-order valence-corrected chi connectivity index (χ4v) is 2.42. The molecule has 2 unspecified atom stereocenters. The third-order valence-corrected chi connectivity index (χ3v) is 3.41. The molecule has 0 heterocycles. The maximum atomic E-state index is 13.1. The average Bonchev–Trinajstić information content (AvgIpc) is 2.24. The molecule has 2 atom stereocenters. The third-order valence-electron chi connectivity index (χ3n) is 2.81. The molecule has 0 radical (unpaired) electrons. The first-order chi connectivity index (χ1) is 7.95. The Morgan fingerprint density at radius 1 is 1.41 bits per heavy atom. The Balaban J connectivity index is 2.73. The van der Waals surface area contributed by atoms with Gasteiger partial charge in [-0.05, 0) is 46.0 Å². The Labute approximate surface area is 110 Å². The van der Waals surface area contributed by atoms with E-state index in [1.54, 1.807) is 19.2 Å². The quantitative estimate of drug-likeness (QED) is 0.907. The maximum Gasteiger partial charge on any atom is 0.137 e. The molecule has 0 amide bonds. The van der Waals surface area contributed by atoms with Crippen LogP contribution in [0, 0.1) is 11.7 Å². The SMILES string of the molecule is COC(C(C)C)C(N)Cc1ccc(F)c(Br)c1. The van der Waals surface area contributed by atoms with E-state index in [4.69, 9.17) is 10.5 Å². The van der Waals surface area contributed by atoms with Gasteiger partial charge < -0.3 is 10.5 Å². The summed E-state index contributed by atoms with van der Waals surface area (Å²) in [5.74, 6) is 0.105. The fourth-order valence-electron chi connectivity index (χ4n) is 2.00. The van der Waals surface area contributed by atoms with Crippen molar-refractivity contribution >= 4 is 15.9 Å². The van der Waals surface area contributed by atoms with Crippen LogP contribution in [0.15, 0.2) is 22.7 Å². The summed E-state index contributed by atoms with van der Waals surface area (Å²) < 4.78 is 18.9. The monoisotopic (exact) mass is 303 g/mol. The Morgan fingerprint density at radius 3 is 2.53 bits per heavy atom. The van der Waals surface area contributed by atoms with E-state index in [1.807, 2.05) is 0 Å². The van der Waals surface area contributed by atoms with Gasteiger partial charge in [0.25, 0.3) is 0 Å². The fraction of sp³-hybridized carbons (Fsp3) is 0.538. The molecule has 0 aromatic heterocycles. The molecule has 0 aliphatic heterocycles. The number of hydrogen-bond donors (Lipinski definition) is 1. The zero-order chi connectivity index (χ0) is 13.0. The van der Waals surface area contributed by atoms with Gasteiger partial charge in [0, 0.05) is 13.2 Å². The lowest BCUT2D eigenvalue weighted by molar-refractivity contribution is 0.0441. The van der Waals surface area contributed by atoms with Gasteiger partial charge in [-0.2, -0.15) is 0 Å². The molecule has 0 aliphatic rings. The summed E-state index contributed by atoms with van der Waals surface area (Å²) in [6.45, 7) is 4.16. The molecule has 0 spiro atoms. The normalized spacial score (nSPS) is 15.0. The number of nitrogens with two attached hydrogens (primary N) is 1. The first-order valence-corrected chi connectivity index (χ1v) is 6.47. The van der Waals surface area contributed by atoms with E-state index in [9.17, 15) is 4.39 Å². The van der Waals surface area contributed by atoms with Crippen LogP contribution in [0.2, 0.25) is 0 Å². The van der Waals surface area contributed by atoms with E-state index in [2.05, 4.69) is 29.8 Å². The zero-order valence-electron chi connectivity index (χ0n) is 10.4. The number of halogens is 2. The number of rotatable bonds is 5. The molecule has 0 saturated heterocycles. The standard InChI is InChI=1S/C13H19BrFNO/c1-8(2)13(17-3)12(16)7-9-4-5-11(15)10(14)6-9/h4-6,8,12-13H,7,16H2,1-3H3. The molecule has 1 rings (SSSR count). The van der Waals surface area contributed by atoms with Crippen LogP contribution in [-0.2, 0) is 11.2 Å². The highest BCUT2D eigenvalue weighted by atomic mass is 79.9. The molecule has 0 bridgehead atoms. The van der Waals surface area contributed by atoms with Crippen LogP contribution in [-0.4, -0.2) is 19.3 Å². The highest BCUT2D eigenvalue weighted by Gasteiger charge is 2.21. The van der Waals surface area contributed by atoms with Crippen molar-refractivity contribution in [1.82, 2.24) is 0 Å². The summed E-state index contributed by atoms with van der Waals surface area (Å²) in [5.41, 5.74) is 7.12. The molecule has 17 heavy (non-hydrogen) atoms. The van der Waals surface area contributed by atoms with Crippen molar-refractivity contribution in [2.75, 3.05) is 7.11 Å². The van der Waals surface area contributed by atoms with Crippen LogP contribution in [0.1, 0.15) is 19.4 Å². The van der Waals surface area contributed by atoms with Gasteiger partial charge in [-0.3, -0.25) is 0 Å². The highest BCUT2D eigenvalue weighted by Crippen LogP contribution is 2.19. The van der Waals surface area contributed by atoms with Gasteiger partial charge in [-0.15, -0.1) is 0 Å². The minimum absolute atomic E-state index is 0.0128. The van der Waals surface area contributed by atoms with Crippen LogP contribution < -0.4 is 5.73 Å². The lowest BCUT2D eigenvalue weighted by atomic mass is 9.95. The second-order valence-corrected chi connectivity index (χ2v) is 5.42. The van der Waals surface area contributed by atoms with Crippen molar-refractivity contribution in [3.8, 4) is 0 Å². The van der Waals surface area contributed by atoms with Gasteiger partial charge in [0.05, 0.1) is 10.6 Å². The Hall–Kier alpha value is -0.450. The third kappa shape index (κ3) is 4.05. The summed E-state index contributed by atoms with van der Waals surface area (Å²) >= 11 is 3.17. The molecule has 2 nitrogen and oxygen atoms in total. The van der Waals surface area contributed by atoms with Gasteiger partial charge in [-0.1, -0.05) is 19.9 Å². The number of hydrogen-bond acceptors (Lipinski definition) is 2. The van der Waals surface area contributed by atoms with Crippen LogP contribution in [0.5, 0.6) is 0 Å². The van der Waals surface area contributed by atoms with E-state index in [-0.39, 0.29) is 18.0 Å². The van der Waals surface area contributed by atoms with Gasteiger partial charge in [-0.25, -0.2) is 4.39 Å². The summed E-state index contributed by atoms with van der Waals surface area (Å²) in [6, 6.07) is 4.89. The lowest BCUT2D eigenvalue weighted by Gasteiger charge is -2.26. The first-order valence-electron chi connectivity index (χ1n) is 5.68. The predicted octanol–water partition coefficient (Wildman–Crippen LogP) is 3.13. The molecule has 1 aromatic rings. The molecule has 2 N–H and O–H groups in total. The van der Waals surface area contributed by atoms with Crippen LogP contribution in [0.25, 0.3) is 0 Å². The molecule has 0 fully saturated rings. The Bertz CT molecular complexity index is 370. The van der Waals surface area contributed by atoms with Crippen LogP contribution in [0.4, 0.5) is 4.39 Å². The molecular formula is C13H19BrFNO. The number of benzene rings is 1. The van der Waals surface area contributed by atoms with Gasteiger partial charge >= 0.3 is 0 Å². The summed E-state index contributed by atoms with van der Waals surface area (Å²) in [5, 5.41) is 0. The van der Waals surface area contributed by atoms with Crippen LogP contribution >= 0.6 is 15.9 Å². The summed E-state index contributed by atoms with van der Waals surface area (Å²) in [6.07, 6.45) is 0.689. The average molecular weight is 304 g/mol. The van der Waals surface area contributed by atoms with E-state index in [0.29, 0.717) is 16.8 Å². The van der Waals surface area contributed by atoms with Crippen molar-refractivity contribution in [2.24, 2.45) is 11.7 Å². The first kappa shape index (κ1) is 14.6. The predicted molar refractivity (Wildman–Crippen MR) is 71.4 cm³/mol. The van der Waals surface area contributed by atoms with Crippen LogP contribution in [0.3, 0.4) is 0 Å². The highest BCUT2D eigenvalue weighted by molar-refractivity contribution is 9.10. The molecule has 0 saturated carbocycles. The second kappa shape index (κ2) is 6.47. The summed E-state index contributed by atoms with van der Waals surface area (Å²) in [7, 11) is 1.67. The minimum Gasteiger partial charge on any atom is -0.380 e. The molecule has 1 aromatic carbocycles. The Kier molecular flexibility index (Phi) is 5.56. The van der Waals surface area contributed by atoms with E-state index in [0.717, 1.165) is 5.56 Å². The smallest absolute Gasteiger partial charge is 0.137 e. The van der Waals surface area contributed by atoms with Crippen molar-refractivity contribution in [2.45, 2.75) is 32.4 Å². The van der Waals surface area contributed by atoms with Gasteiger partial charge in [0.1, 0.15) is 5.82 Å². The second-order valence-electron chi connectivity index (χ2n) is 4.56. The zero-order valence-corrected chi connectivity index (χ0v) is 12.0. The van der Waals surface area contributed by atoms with Crippen molar-refractivity contribution < 1.29 is 9.13 Å². The number of methoxy groups -OCH3 is 1. The van der Waals surface area contributed by atoms with Crippen molar-refractivity contribution in [3.63, 3.8) is 0 Å². The topological polar surface area (TPSA) is 35.2 Å². The van der Waals surface area contributed by atoms with E-state index >= 15 is 0 Å². The largest absolute Gasteiger partial charge is 0.380 e. The maximum absolute atomic E-state index is 13.1. The van der Waals surface area contributed by atoms with E-state index in [1.165, 1.54) is 6.07 Å². The van der Waals surface area contributed by atoms with Crippen molar-refractivity contribution in [1.29, 1.82) is 0 Å². The minimum atomic E-state index is -0.255. The van der Waals surface area contributed by atoms with Gasteiger partial charge in [0.2, 0.25) is 0 Å². The molecule has 4 heteroatoms. The van der Waals surface area contributed by atoms with E-state index < -0.39 is 0 Å². The number of ether oxygens (including phenoxy) is 1.